The molecular formula is C19H28N2O3S. The van der Waals surface area contributed by atoms with Crippen molar-refractivity contribution in [1.29, 1.82) is 0 Å². The van der Waals surface area contributed by atoms with E-state index in [9.17, 15) is 14.7 Å². The number of aliphatic hydroxyl groups excluding tert-OH is 1. The highest BCUT2D eigenvalue weighted by atomic mass is 32.1. The second-order valence-corrected chi connectivity index (χ2v) is 8.62. The molecule has 0 aliphatic heterocycles. The van der Waals surface area contributed by atoms with Gasteiger partial charge in [0.2, 0.25) is 0 Å². The predicted molar refractivity (Wildman–Crippen MR) is 98.5 cm³/mol. The Balaban J connectivity index is 1.61. The third-order valence-electron chi connectivity index (χ3n) is 5.61. The Bertz CT molecular complexity index is 614. The maximum atomic E-state index is 12.2. The van der Waals surface area contributed by atoms with Gasteiger partial charge >= 0.3 is 11.8 Å². The molecule has 0 radical (unpaired) electrons. The monoisotopic (exact) mass is 364 g/mol. The molecule has 0 spiro atoms. The van der Waals surface area contributed by atoms with Crippen LogP contribution in [0.1, 0.15) is 74.1 Å². The minimum Gasteiger partial charge on any atom is -0.388 e. The summed E-state index contributed by atoms with van der Waals surface area (Å²) in [5.41, 5.74) is -0.0961. The van der Waals surface area contributed by atoms with Crippen molar-refractivity contribution < 1.29 is 14.7 Å². The highest BCUT2D eigenvalue weighted by Gasteiger charge is 2.38. The van der Waals surface area contributed by atoms with Crippen molar-refractivity contribution in [3.8, 4) is 0 Å². The molecule has 1 aromatic rings. The molecule has 3 N–H and O–H groups in total. The predicted octanol–water partition coefficient (Wildman–Crippen LogP) is 2.79. The zero-order chi connectivity index (χ0) is 17.9. The number of nitrogens with one attached hydrogen (secondary N) is 2. The van der Waals surface area contributed by atoms with Gasteiger partial charge < -0.3 is 15.7 Å². The lowest BCUT2D eigenvalue weighted by atomic mass is 9.84. The average molecular weight is 365 g/mol. The van der Waals surface area contributed by atoms with Crippen LogP contribution in [-0.4, -0.2) is 29.5 Å². The van der Waals surface area contributed by atoms with Crippen LogP contribution in [0.3, 0.4) is 0 Å². The normalized spacial score (nSPS) is 21.2. The van der Waals surface area contributed by atoms with Crippen molar-refractivity contribution >= 4 is 23.2 Å². The Hall–Kier alpha value is -1.40. The van der Waals surface area contributed by atoms with E-state index in [-0.39, 0.29) is 11.5 Å². The minimum absolute atomic E-state index is 0.0961. The summed E-state index contributed by atoms with van der Waals surface area (Å²) in [5.74, 6) is -1.03. The lowest BCUT2D eigenvalue weighted by molar-refractivity contribution is -0.139. The Morgan fingerprint density at radius 3 is 2.48 bits per heavy atom. The van der Waals surface area contributed by atoms with Crippen LogP contribution >= 0.6 is 11.3 Å². The Morgan fingerprint density at radius 2 is 1.88 bits per heavy atom. The fourth-order valence-electron chi connectivity index (χ4n) is 4.08. The van der Waals surface area contributed by atoms with Crippen molar-refractivity contribution in [2.24, 2.45) is 0 Å². The van der Waals surface area contributed by atoms with E-state index in [1.54, 1.807) is 18.3 Å². The summed E-state index contributed by atoms with van der Waals surface area (Å²) in [6, 6.07) is 4.20. The molecule has 2 aliphatic carbocycles. The van der Waals surface area contributed by atoms with E-state index in [2.05, 4.69) is 16.7 Å². The minimum atomic E-state index is -0.523. The van der Waals surface area contributed by atoms with Gasteiger partial charge in [-0.25, -0.2) is 0 Å². The maximum absolute atomic E-state index is 12.2. The first kappa shape index (κ1) is 18.4. The van der Waals surface area contributed by atoms with Crippen molar-refractivity contribution in [2.75, 3.05) is 6.54 Å². The van der Waals surface area contributed by atoms with Gasteiger partial charge in [-0.2, -0.15) is 0 Å². The molecule has 25 heavy (non-hydrogen) atoms. The maximum Gasteiger partial charge on any atom is 0.309 e. The lowest BCUT2D eigenvalue weighted by Gasteiger charge is -2.28. The molecule has 2 fully saturated rings. The summed E-state index contributed by atoms with van der Waals surface area (Å²) in [5, 5.41) is 15.5. The molecule has 5 nitrogen and oxygen atoms in total. The number of amides is 2. The number of thiophene rings is 1. The number of hydrogen-bond donors (Lipinski definition) is 3. The summed E-state index contributed by atoms with van der Waals surface area (Å²) >= 11 is 1.62. The van der Waals surface area contributed by atoms with E-state index in [0.717, 1.165) is 56.2 Å². The van der Waals surface area contributed by atoms with Gasteiger partial charge in [-0.3, -0.25) is 9.59 Å². The molecule has 6 heteroatoms. The van der Waals surface area contributed by atoms with Crippen molar-refractivity contribution in [3.05, 3.63) is 21.9 Å². The molecule has 3 rings (SSSR count). The van der Waals surface area contributed by atoms with E-state index < -0.39 is 17.9 Å². The van der Waals surface area contributed by atoms with Crippen LogP contribution < -0.4 is 10.6 Å². The van der Waals surface area contributed by atoms with Crippen LogP contribution in [0.4, 0.5) is 0 Å². The van der Waals surface area contributed by atoms with Crippen LogP contribution in [0, 0.1) is 0 Å². The van der Waals surface area contributed by atoms with Crippen LogP contribution in [-0.2, 0) is 15.0 Å². The summed E-state index contributed by atoms with van der Waals surface area (Å²) in [6.45, 7) is 2.26. The Morgan fingerprint density at radius 1 is 1.20 bits per heavy atom. The second kappa shape index (κ2) is 7.87. The Labute approximate surface area is 153 Å². The van der Waals surface area contributed by atoms with Gasteiger partial charge in [0.25, 0.3) is 0 Å². The van der Waals surface area contributed by atoms with Crippen molar-refractivity contribution in [1.82, 2.24) is 10.6 Å². The molecule has 0 bridgehead atoms. The SMILES string of the molecule is CC(O)c1ccc(C2(CNC(=O)C(=O)NC3CCCC3)CCCC2)s1. The number of carbonyl (C=O) groups is 2. The third-order valence-corrected chi connectivity index (χ3v) is 7.11. The van der Waals surface area contributed by atoms with E-state index in [4.69, 9.17) is 0 Å². The molecule has 2 aliphatic rings. The van der Waals surface area contributed by atoms with Crippen LogP contribution in [0.2, 0.25) is 0 Å². The molecule has 1 heterocycles. The highest BCUT2D eigenvalue weighted by molar-refractivity contribution is 7.12. The van der Waals surface area contributed by atoms with Crippen LogP contribution in [0.5, 0.6) is 0 Å². The molecule has 2 saturated carbocycles. The number of hydrogen-bond acceptors (Lipinski definition) is 4. The number of aliphatic hydroxyl groups is 1. The molecule has 1 aromatic heterocycles. The van der Waals surface area contributed by atoms with Gasteiger partial charge in [-0.1, -0.05) is 25.7 Å². The fraction of sp³-hybridized carbons (Fsp3) is 0.684. The average Bonchev–Trinajstić information content (AvgIpc) is 3.32. The quantitative estimate of drug-likeness (QED) is 0.703. The van der Waals surface area contributed by atoms with E-state index in [0.29, 0.717) is 6.54 Å². The molecule has 1 unspecified atom stereocenters. The molecule has 2 amide bonds. The smallest absolute Gasteiger partial charge is 0.309 e. The largest absolute Gasteiger partial charge is 0.388 e. The first-order valence-corrected chi connectivity index (χ1v) is 10.2. The highest BCUT2D eigenvalue weighted by Crippen LogP contribution is 2.44. The first-order valence-electron chi connectivity index (χ1n) is 9.37. The van der Waals surface area contributed by atoms with Gasteiger partial charge in [-0.05, 0) is 44.7 Å². The summed E-state index contributed by atoms with van der Waals surface area (Å²) in [7, 11) is 0. The lowest BCUT2D eigenvalue weighted by Crippen LogP contribution is -2.47. The summed E-state index contributed by atoms with van der Waals surface area (Å²) < 4.78 is 0. The van der Waals surface area contributed by atoms with Gasteiger partial charge in [0.05, 0.1) is 6.10 Å². The first-order chi connectivity index (χ1) is 12.0. The number of rotatable bonds is 5. The number of carbonyl (C=O) groups excluding carboxylic acids is 2. The molecule has 0 saturated heterocycles. The van der Waals surface area contributed by atoms with E-state index in [1.165, 1.54) is 4.88 Å². The summed E-state index contributed by atoms with van der Waals surface area (Å²) in [4.78, 5) is 26.5. The molecule has 1 atom stereocenters. The topological polar surface area (TPSA) is 78.4 Å². The van der Waals surface area contributed by atoms with Crippen LogP contribution in [0.25, 0.3) is 0 Å². The van der Waals surface area contributed by atoms with Crippen molar-refractivity contribution in [2.45, 2.75) is 75.9 Å². The van der Waals surface area contributed by atoms with E-state index in [1.807, 2.05) is 6.07 Å². The zero-order valence-corrected chi connectivity index (χ0v) is 15.7. The van der Waals surface area contributed by atoms with E-state index >= 15 is 0 Å². The molecule has 0 aromatic carbocycles. The standard InChI is InChI=1S/C19H28N2O3S/c1-13(22)15-8-9-16(25-15)19(10-4-5-11-19)12-20-17(23)18(24)21-14-6-2-3-7-14/h8-9,13-14,22H,2-7,10-12H2,1H3,(H,20,23)(H,21,24). The fourth-order valence-corrected chi connectivity index (χ4v) is 5.26. The Kier molecular flexibility index (Phi) is 5.79. The third kappa shape index (κ3) is 4.23. The zero-order valence-electron chi connectivity index (χ0n) is 14.8. The molecule has 138 valence electrons. The second-order valence-electron chi connectivity index (χ2n) is 7.50. The van der Waals surface area contributed by atoms with Gasteiger partial charge in [0.15, 0.2) is 0 Å². The van der Waals surface area contributed by atoms with Crippen molar-refractivity contribution in [3.63, 3.8) is 0 Å². The van der Waals surface area contributed by atoms with Gasteiger partial charge in [-0.15, -0.1) is 11.3 Å². The van der Waals surface area contributed by atoms with Gasteiger partial charge in [0.1, 0.15) is 0 Å². The van der Waals surface area contributed by atoms with Crippen LogP contribution in [0.15, 0.2) is 12.1 Å². The molecular weight excluding hydrogens is 336 g/mol. The summed E-state index contributed by atoms with van der Waals surface area (Å²) in [6.07, 6.45) is 8.01. The van der Waals surface area contributed by atoms with Gasteiger partial charge in [0, 0.05) is 27.8 Å².